The van der Waals surface area contributed by atoms with E-state index in [4.69, 9.17) is 0 Å². The largest absolute Gasteiger partial charge is 0.338 e. The molecule has 0 radical (unpaired) electrons. The van der Waals surface area contributed by atoms with Crippen LogP contribution in [-0.4, -0.2) is 25.8 Å². The molecule has 26 heavy (non-hydrogen) atoms. The van der Waals surface area contributed by atoms with Crippen LogP contribution in [0.3, 0.4) is 0 Å². The Bertz CT molecular complexity index is 895. The highest BCUT2D eigenvalue weighted by Crippen LogP contribution is 2.27. The number of carbonyl (C=O) groups excluding carboxylic acids is 1. The molecule has 1 atom stereocenters. The number of sulfonamides is 1. The van der Waals surface area contributed by atoms with Gasteiger partial charge in [-0.2, -0.15) is 0 Å². The first-order valence-electron chi connectivity index (χ1n) is 8.88. The molecule has 0 unspecified atom stereocenters. The van der Waals surface area contributed by atoms with E-state index in [1.54, 1.807) is 17.0 Å². The number of nitrogens with zero attached hydrogens (tertiary/aromatic N) is 1. The minimum atomic E-state index is -3.69. The summed E-state index contributed by atoms with van der Waals surface area (Å²) in [5.41, 5.74) is 2.64. The molecule has 0 saturated heterocycles. The van der Waals surface area contributed by atoms with Crippen molar-refractivity contribution in [3.8, 4) is 0 Å². The number of carbonyl (C=O) groups is 1. The molecular weight excluding hydrogens is 348 g/mol. The third-order valence-corrected chi connectivity index (χ3v) is 6.43. The van der Waals surface area contributed by atoms with Gasteiger partial charge in [-0.1, -0.05) is 49.4 Å². The van der Waals surface area contributed by atoms with Crippen molar-refractivity contribution in [1.29, 1.82) is 0 Å². The van der Waals surface area contributed by atoms with Crippen molar-refractivity contribution in [2.75, 3.05) is 6.54 Å². The van der Waals surface area contributed by atoms with Gasteiger partial charge in [0.25, 0.3) is 0 Å². The van der Waals surface area contributed by atoms with Gasteiger partial charge in [-0.15, -0.1) is 0 Å². The summed E-state index contributed by atoms with van der Waals surface area (Å²) in [4.78, 5) is 14.1. The molecule has 1 N–H and O–H groups in total. The lowest BCUT2D eigenvalue weighted by atomic mass is 9.99. The number of rotatable bonds is 5. The lowest BCUT2D eigenvalue weighted by Gasteiger charge is -2.30. The van der Waals surface area contributed by atoms with Crippen molar-refractivity contribution in [3.05, 3.63) is 65.2 Å². The molecular formula is C20H24N2O3S. The summed E-state index contributed by atoms with van der Waals surface area (Å²) < 4.78 is 28.8. The second kappa shape index (κ2) is 7.60. The topological polar surface area (TPSA) is 66.5 Å². The van der Waals surface area contributed by atoms with Crippen LogP contribution in [0.15, 0.2) is 53.4 Å². The molecule has 5 nitrogen and oxygen atoms in total. The summed E-state index contributed by atoms with van der Waals surface area (Å²) in [6.45, 7) is 4.63. The minimum absolute atomic E-state index is 0.0495. The predicted octanol–water partition coefficient (Wildman–Crippen LogP) is 3.02. The maximum absolute atomic E-state index is 13.0. The zero-order chi connectivity index (χ0) is 18.7. The number of hydrogen-bond donors (Lipinski definition) is 1. The molecule has 1 aliphatic rings. The van der Waals surface area contributed by atoms with Crippen molar-refractivity contribution in [2.45, 2.75) is 44.2 Å². The summed E-state index contributed by atoms with van der Waals surface area (Å²) in [5.74, 6) is 0.0495. The highest BCUT2D eigenvalue weighted by molar-refractivity contribution is 7.89. The number of benzene rings is 2. The van der Waals surface area contributed by atoms with Crippen molar-refractivity contribution in [1.82, 2.24) is 9.62 Å². The molecule has 0 fully saturated rings. The van der Waals surface area contributed by atoms with Crippen molar-refractivity contribution in [3.63, 3.8) is 0 Å². The van der Waals surface area contributed by atoms with Gasteiger partial charge in [0.15, 0.2) is 0 Å². The molecule has 0 bridgehead atoms. The molecule has 2 aromatic carbocycles. The maximum Gasteiger partial charge on any atom is 0.241 e. The van der Waals surface area contributed by atoms with E-state index in [-0.39, 0.29) is 16.8 Å². The lowest BCUT2D eigenvalue weighted by Crippen LogP contribution is -2.37. The molecule has 1 heterocycles. The van der Waals surface area contributed by atoms with Crippen LogP contribution in [0.5, 0.6) is 0 Å². The quantitative estimate of drug-likeness (QED) is 0.877. The van der Waals surface area contributed by atoms with Crippen LogP contribution < -0.4 is 4.72 Å². The summed E-state index contributed by atoms with van der Waals surface area (Å²) in [6.07, 6.45) is 1.10. The zero-order valence-electron chi connectivity index (χ0n) is 15.1. The van der Waals surface area contributed by atoms with E-state index >= 15 is 0 Å². The van der Waals surface area contributed by atoms with Crippen LogP contribution in [-0.2, 0) is 27.8 Å². The molecule has 0 spiro atoms. The van der Waals surface area contributed by atoms with Gasteiger partial charge >= 0.3 is 0 Å². The van der Waals surface area contributed by atoms with E-state index in [0.29, 0.717) is 25.9 Å². The summed E-state index contributed by atoms with van der Waals surface area (Å²) in [7, 11) is -3.69. The lowest BCUT2D eigenvalue weighted by molar-refractivity contribution is -0.131. The van der Waals surface area contributed by atoms with Crippen molar-refractivity contribution >= 4 is 15.9 Å². The third kappa shape index (κ3) is 3.81. The van der Waals surface area contributed by atoms with Gasteiger partial charge in [0, 0.05) is 25.6 Å². The van der Waals surface area contributed by atoms with Crippen molar-refractivity contribution in [2.24, 2.45) is 0 Å². The Morgan fingerprint density at radius 3 is 2.58 bits per heavy atom. The fourth-order valence-corrected chi connectivity index (χ4v) is 4.85. The molecule has 1 amide bonds. The van der Waals surface area contributed by atoms with Crippen LogP contribution in [0.2, 0.25) is 0 Å². The Morgan fingerprint density at radius 2 is 1.88 bits per heavy atom. The van der Waals surface area contributed by atoms with Gasteiger partial charge in [-0.25, -0.2) is 13.1 Å². The Hall–Kier alpha value is -2.18. The monoisotopic (exact) mass is 372 g/mol. The van der Waals surface area contributed by atoms with Gasteiger partial charge in [-0.05, 0) is 36.1 Å². The Labute approximate surface area is 155 Å². The molecule has 6 heteroatoms. The van der Waals surface area contributed by atoms with E-state index < -0.39 is 10.0 Å². The molecule has 138 valence electrons. The summed E-state index contributed by atoms with van der Waals surface area (Å²) in [6, 6.07) is 14.5. The molecule has 1 aliphatic heterocycles. The average Bonchev–Trinajstić information content (AvgIpc) is 2.66. The van der Waals surface area contributed by atoms with E-state index in [2.05, 4.69) is 4.72 Å². The average molecular weight is 372 g/mol. The highest BCUT2D eigenvalue weighted by Gasteiger charge is 2.27. The molecule has 2 aromatic rings. The summed E-state index contributed by atoms with van der Waals surface area (Å²) in [5, 5.41) is 0. The van der Waals surface area contributed by atoms with Gasteiger partial charge in [0.05, 0.1) is 4.90 Å². The first kappa shape index (κ1) is 18.6. The standard InChI is InChI=1S/C20H24N2O3S/c1-3-20(23)22-13-12-17-10-7-11-19(18(17)14-22)26(24,25)21-15(2)16-8-5-4-6-9-16/h4-11,15,21H,3,12-14H2,1-2H3/t15-/m0/s1. The van der Waals surface area contributed by atoms with Crippen LogP contribution in [0.4, 0.5) is 0 Å². The SMILES string of the molecule is CCC(=O)N1CCc2cccc(S(=O)(=O)N[C@@H](C)c3ccccc3)c2C1. The normalized spacial score (nSPS) is 15.4. The van der Waals surface area contributed by atoms with E-state index in [0.717, 1.165) is 16.7 Å². The van der Waals surface area contributed by atoms with Crippen LogP contribution in [0.1, 0.15) is 43.0 Å². The van der Waals surface area contributed by atoms with Crippen LogP contribution in [0.25, 0.3) is 0 Å². The van der Waals surface area contributed by atoms with E-state index in [9.17, 15) is 13.2 Å². The zero-order valence-corrected chi connectivity index (χ0v) is 15.9. The van der Waals surface area contributed by atoms with Crippen LogP contribution >= 0.6 is 0 Å². The predicted molar refractivity (Wildman–Crippen MR) is 101 cm³/mol. The van der Waals surface area contributed by atoms with Crippen LogP contribution in [0, 0.1) is 0 Å². The Kier molecular flexibility index (Phi) is 5.44. The number of hydrogen-bond acceptors (Lipinski definition) is 3. The van der Waals surface area contributed by atoms with E-state index in [1.165, 1.54) is 0 Å². The van der Waals surface area contributed by atoms with Gasteiger partial charge in [-0.3, -0.25) is 4.79 Å². The second-order valence-corrected chi connectivity index (χ2v) is 8.25. The smallest absolute Gasteiger partial charge is 0.241 e. The van der Waals surface area contributed by atoms with Gasteiger partial charge in [0.2, 0.25) is 15.9 Å². The Balaban J connectivity index is 1.90. The molecule has 3 rings (SSSR count). The minimum Gasteiger partial charge on any atom is -0.338 e. The fraction of sp³-hybridized carbons (Fsp3) is 0.350. The maximum atomic E-state index is 13.0. The van der Waals surface area contributed by atoms with Gasteiger partial charge in [0.1, 0.15) is 0 Å². The Morgan fingerprint density at radius 1 is 1.15 bits per heavy atom. The number of fused-ring (bicyclic) bond motifs is 1. The molecule has 0 aromatic heterocycles. The van der Waals surface area contributed by atoms with Crippen molar-refractivity contribution < 1.29 is 13.2 Å². The summed E-state index contributed by atoms with van der Waals surface area (Å²) >= 11 is 0. The van der Waals surface area contributed by atoms with Gasteiger partial charge < -0.3 is 4.90 Å². The first-order chi connectivity index (χ1) is 12.4. The number of nitrogens with one attached hydrogen (secondary N) is 1. The second-order valence-electron chi connectivity index (χ2n) is 6.57. The third-order valence-electron chi connectivity index (χ3n) is 4.81. The van der Waals surface area contributed by atoms with E-state index in [1.807, 2.05) is 50.2 Å². The number of amides is 1. The first-order valence-corrected chi connectivity index (χ1v) is 10.4. The fourth-order valence-electron chi connectivity index (χ4n) is 3.34. The molecule has 0 aliphatic carbocycles. The molecule has 0 saturated carbocycles. The highest BCUT2D eigenvalue weighted by atomic mass is 32.2.